The zero-order valence-electron chi connectivity index (χ0n) is 13.6. The van der Waals surface area contributed by atoms with Crippen molar-refractivity contribution >= 4 is 5.91 Å². The van der Waals surface area contributed by atoms with Crippen molar-refractivity contribution in [2.75, 3.05) is 33.2 Å². The third kappa shape index (κ3) is 4.30. The van der Waals surface area contributed by atoms with Crippen LogP contribution in [0, 0.1) is 12.8 Å². The number of likely N-dealkylation sites (tertiary alicyclic amines) is 1. The topological polar surface area (TPSA) is 52.2 Å². The Hall–Kier alpha value is -1.36. The molecule has 0 saturated carbocycles. The summed E-state index contributed by atoms with van der Waals surface area (Å²) >= 11 is 0. The number of aromatic nitrogens is 2. The second-order valence-electron chi connectivity index (χ2n) is 6.26. The Balaban J connectivity index is 1.78. The van der Waals surface area contributed by atoms with Crippen LogP contribution < -0.4 is 0 Å². The molecule has 0 unspecified atom stereocenters. The molecule has 21 heavy (non-hydrogen) atoms. The molecule has 2 heterocycles. The number of nitrogens with zero attached hydrogens (tertiary/aromatic N) is 3. The first-order valence-corrected chi connectivity index (χ1v) is 8.09. The quantitative estimate of drug-likeness (QED) is 0.875. The fourth-order valence-electron chi connectivity index (χ4n) is 3.02. The Kier molecular flexibility index (Phi) is 5.79. The van der Waals surface area contributed by atoms with E-state index in [-0.39, 0.29) is 5.91 Å². The molecule has 5 heteroatoms. The van der Waals surface area contributed by atoms with E-state index >= 15 is 0 Å². The molecule has 0 aromatic carbocycles. The molecular weight excluding hydrogens is 264 g/mol. The minimum absolute atomic E-state index is 0.124. The van der Waals surface area contributed by atoms with Crippen LogP contribution in [-0.2, 0) is 0 Å². The van der Waals surface area contributed by atoms with Crippen molar-refractivity contribution in [1.29, 1.82) is 0 Å². The number of aryl methyl sites for hydroxylation is 1. The molecule has 1 saturated heterocycles. The molecule has 118 valence electrons. The number of unbranched alkanes of at least 4 members (excludes halogenated alkanes) is 1. The van der Waals surface area contributed by atoms with Gasteiger partial charge in [0.15, 0.2) is 0 Å². The predicted molar refractivity (Wildman–Crippen MR) is 84.4 cm³/mol. The normalized spacial score (nSPS) is 16.7. The van der Waals surface area contributed by atoms with Gasteiger partial charge < -0.3 is 9.80 Å². The summed E-state index contributed by atoms with van der Waals surface area (Å²) in [7, 11) is 2.21. The Morgan fingerprint density at radius 1 is 1.48 bits per heavy atom. The molecule has 1 N–H and O–H groups in total. The Labute approximate surface area is 127 Å². The van der Waals surface area contributed by atoms with Crippen molar-refractivity contribution in [2.45, 2.75) is 39.5 Å². The highest BCUT2D eigenvalue weighted by molar-refractivity contribution is 5.95. The second-order valence-corrected chi connectivity index (χ2v) is 6.26. The maximum atomic E-state index is 12.4. The number of carbonyl (C=O) groups excluding carboxylic acids is 1. The maximum Gasteiger partial charge on any atom is 0.257 e. The van der Waals surface area contributed by atoms with Crippen molar-refractivity contribution < 1.29 is 4.79 Å². The monoisotopic (exact) mass is 292 g/mol. The minimum atomic E-state index is 0.124. The average molecular weight is 292 g/mol. The van der Waals surface area contributed by atoms with Crippen LogP contribution in [0.4, 0.5) is 0 Å². The van der Waals surface area contributed by atoms with E-state index in [1.807, 2.05) is 11.8 Å². The van der Waals surface area contributed by atoms with Crippen LogP contribution in [0.25, 0.3) is 0 Å². The van der Waals surface area contributed by atoms with Crippen LogP contribution in [0.15, 0.2) is 6.20 Å². The molecular formula is C16H28N4O. The fourth-order valence-corrected chi connectivity index (χ4v) is 3.02. The van der Waals surface area contributed by atoms with E-state index < -0.39 is 0 Å². The molecule has 1 aromatic heterocycles. The SMILES string of the molecule is CCCCN(C)CC1CCN(C(=O)c2cn[nH]c2C)CC1. The number of hydrogen-bond donors (Lipinski definition) is 1. The van der Waals surface area contributed by atoms with Gasteiger partial charge in [0, 0.05) is 25.3 Å². The van der Waals surface area contributed by atoms with E-state index in [1.54, 1.807) is 6.20 Å². The van der Waals surface area contributed by atoms with Crippen molar-refractivity contribution in [3.63, 3.8) is 0 Å². The smallest absolute Gasteiger partial charge is 0.257 e. The van der Waals surface area contributed by atoms with Gasteiger partial charge in [-0.3, -0.25) is 9.89 Å². The summed E-state index contributed by atoms with van der Waals surface area (Å²) in [6.45, 7) is 8.22. The largest absolute Gasteiger partial charge is 0.339 e. The highest BCUT2D eigenvalue weighted by atomic mass is 16.2. The molecule has 0 atom stereocenters. The fraction of sp³-hybridized carbons (Fsp3) is 0.750. The van der Waals surface area contributed by atoms with Gasteiger partial charge in [-0.1, -0.05) is 13.3 Å². The van der Waals surface area contributed by atoms with Crippen LogP contribution in [0.1, 0.15) is 48.7 Å². The number of aromatic amines is 1. The molecule has 1 aliphatic rings. The van der Waals surface area contributed by atoms with E-state index in [4.69, 9.17) is 0 Å². The molecule has 0 spiro atoms. The molecule has 0 radical (unpaired) electrons. The van der Waals surface area contributed by atoms with E-state index in [0.29, 0.717) is 5.56 Å². The third-order valence-corrected chi connectivity index (χ3v) is 4.43. The lowest BCUT2D eigenvalue weighted by Gasteiger charge is -2.34. The Bertz CT molecular complexity index is 449. The summed E-state index contributed by atoms with van der Waals surface area (Å²) in [5.74, 6) is 0.848. The molecule has 0 bridgehead atoms. The number of H-pyrrole nitrogens is 1. The molecule has 1 aromatic rings. The van der Waals surface area contributed by atoms with Crippen molar-refractivity contribution in [3.05, 3.63) is 17.5 Å². The van der Waals surface area contributed by atoms with Gasteiger partial charge in [0.1, 0.15) is 0 Å². The third-order valence-electron chi connectivity index (χ3n) is 4.43. The highest BCUT2D eigenvalue weighted by Gasteiger charge is 2.25. The number of piperidine rings is 1. The van der Waals surface area contributed by atoms with Crippen molar-refractivity contribution in [3.8, 4) is 0 Å². The molecule has 1 amide bonds. The van der Waals surface area contributed by atoms with Crippen molar-refractivity contribution in [1.82, 2.24) is 20.0 Å². The number of hydrogen-bond acceptors (Lipinski definition) is 3. The van der Waals surface area contributed by atoms with Crippen LogP contribution in [0.3, 0.4) is 0 Å². The lowest BCUT2D eigenvalue weighted by atomic mass is 9.95. The lowest BCUT2D eigenvalue weighted by Crippen LogP contribution is -2.41. The van der Waals surface area contributed by atoms with Gasteiger partial charge in [-0.05, 0) is 45.7 Å². The second kappa shape index (κ2) is 7.59. The number of carbonyl (C=O) groups is 1. The van der Waals surface area contributed by atoms with E-state index in [9.17, 15) is 4.79 Å². The molecule has 0 aliphatic carbocycles. The summed E-state index contributed by atoms with van der Waals surface area (Å²) in [5.41, 5.74) is 1.58. The first kappa shape index (κ1) is 16.0. The molecule has 1 fully saturated rings. The predicted octanol–water partition coefficient (Wildman–Crippen LogP) is 2.30. The van der Waals surface area contributed by atoms with E-state index in [2.05, 4.69) is 29.1 Å². The molecule has 2 rings (SSSR count). The van der Waals surface area contributed by atoms with Gasteiger partial charge in [0.25, 0.3) is 5.91 Å². The average Bonchev–Trinajstić information content (AvgIpc) is 2.91. The Morgan fingerprint density at radius 3 is 2.76 bits per heavy atom. The summed E-state index contributed by atoms with van der Waals surface area (Å²) in [6, 6.07) is 0. The van der Waals surface area contributed by atoms with Gasteiger partial charge in [-0.25, -0.2) is 0 Å². The summed E-state index contributed by atoms with van der Waals surface area (Å²) in [5, 5.41) is 6.78. The van der Waals surface area contributed by atoms with E-state index in [1.165, 1.54) is 19.4 Å². The van der Waals surface area contributed by atoms with Gasteiger partial charge in [0.2, 0.25) is 0 Å². The van der Waals surface area contributed by atoms with Crippen LogP contribution in [0.5, 0.6) is 0 Å². The zero-order valence-corrected chi connectivity index (χ0v) is 13.6. The zero-order chi connectivity index (χ0) is 15.2. The summed E-state index contributed by atoms with van der Waals surface area (Å²) in [6.07, 6.45) is 6.38. The summed E-state index contributed by atoms with van der Waals surface area (Å²) in [4.78, 5) is 16.8. The first-order valence-electron chi connectivity index (χ1n) is 8.09. The first-order chi connectivity index (χ1) is 10.1. The van der Waals surface area contributed by atoms with Gasteiger partial charge in [-0.2, -0.15) is 5.10 Å². The Morgan fingerprint density at radius 2 is 2.19 bits per heavy atom. The molecule has 1 aliphatic heterocycles. The van der Waals surface area contributed by atoms with Crippen LogP contribution in [0.2, 0.25) is 0 Å². The van der Waals surface area contributed by atoms with Crippen molar-refractivity contribution in [2.24, 2.45) is 5.92 Å². The van der Waals surface area contributed by atoms with Crippen LogP contribution >= 0.6 is 0 Å². The van der Waals surface area contributed by atoms with Gasteiger partial charge in [0.05, 0.1) is 11.8 Å². The van der Waals surface area contributed by atoms with Gasteiger partial charge in [-0.15, -0.1) is 0 Å². The number of nitrogens with one attached hydrogen (secondary N) is 1. The minimum Gasteiger partial charge on any atom is -0.339 e. The lowest BCUT2D eigenvalue weighted by molar-refractivity contribution is 0.0672. The molecule has 5 nitrogen and oxygen atoms in total. The van der Waals surface area contributed by atoms with Gasteiger partial charge >= 0.3 is 0 Å². The summed E-state index contributed by atoms with van der Waals surface area (Å²) < 4.78 is 0. The van der Waals surface area contributed by atoms with E-state index in [0.717, 1.165) is 44.1 Å². The number of rotatable bonds is 6. The standard InChI is InChI=1S/C16H28N4O/c1-4-5-8-19(3)12-14-6-9-20(10-7-14)16(21)15-11-17-18-13(15)2/h11,14H,4-10,12H2,1-3H3,(H,17,18). The van der Waals surface area contributed by atoms with Crippen LogP contribution in [-0.4, -0.2) is 59.1 Å². The number of amides is 1. The maximum absolute atomic E-state index is 12.4. The highest BCUT2D eigenvalue weighted by Crippen LogP contribution is 2.20.